The number of amides is 1. The van der Waals surface area contributed by atoms with Gasteiger partial charge in [-0.25, -0.2) is 0 Å². The van der Waals surface area contributed by atoms with Crippen molar-refractivity contribution in [1.82, 2.24) is 0 Å². The van der Waals surface area contributed by atoms with Crippen LogP contribution in [0.4, 0.5) is 11.4 Å². The zero-order chi connectivity index (χ0) is 14.5. The number of carbonyl (C=O) groups excluding carboxylic acids is 1. The highest BCUT2D eigenvalue weighted by atomic mass is 16.6. The van der Waals surface area contributed by atoms with Crippen LogP contribution in [0.15, 0.2) is 18.2 Å². The van der Waals surface area contributed by atoms with Crippen molar-refractivity contribution < 1.29 is 14.5 Å². The number of nitrogens with zero attached hydrogens (tertiary/aromatic N) is 1. The number of nitro benzene ring substituents is 1. The number of nitrogens with one attached hydrogen (secondary N) is 1. The molecule has 1 aromatic carbocycles. The average Bonchev–Trinajstić information content (AvgIpc) is 2.48. The van der Waals surface area contributed by atoms with E-state index in [9.17, 15) is 14.9 Å². The number of carbonyl (C=O) groups is 1. The van der Waals surface area contributed by atoms with E-state index in [1.807, 2.05) is 0 Å². The summed E-state index contributed by atoms with van der Waals surface area (Å²) in [7, 11) is 1.43. The highest BCUT2D eigenvalue weighted by Gasteiger charge is 2.22. The number of non-ortho nitro benzene ring substituents is 1. The maximum absolute atomic E-state index is 12.2. The third-order valence-electron chi connectivity index (χ3n) is 3.63. The molecule has 1 saturated carbocycles. The summed E-state index contributed by atoms with van der Waals surface area (Å²) in [5, 5.41) is 13.5. The molecule has 0 unspecified atom stereocenters. The van der Waals surface area contributed by atoms with Crippen molar-refractivity contribution >= 4 is 17.3 Å². The Hall–Kier alpha value is -2.11. The molecular weight excluding hydrogens is 260 g/mol. The standard InChI is InChI=1S/C14H18N2O4/c1-20-13-9-11(16(18)19)7-8-12(13)15-14(17)10-5-3-2-4-6-10/h7-10H,2-6H2,1H3,(H,15,17). The normalized spacial score (nSPS) is 15.7. The fourth-order valence-corrected chi connectivity index (χ4v) is 2.50. The van der Waals surface area contributed by atoms with Crippen LogP contribution in [0.1, 0.15) is 32.1 Å². The third-order valence-corrected chi connectivity index (χ3v) is 3.63. The predicted octanol–water partition coefficient (Wildman–Crippen LogP) is 3.12. The highest BCUT2D eigenvalue weighted by molar-refractivity contribution is 5.94. The molecule has 6 heteroatoms. The highest BCUT2D eigenvalue weighted by Crippen LogP contribution is 2.31. The summed E-state index contributed by atoms with van der Waals surface area (Å²) >= 11 is 0. The summed E-state index contributed by atoms with van der Waals surface area (Å²) < 4.78 is 5.11. The zero-order valence-corrected chi connectivity index (χ0v) is 11.4. The summed E-state index contributed by atoms with van der Waals surface area (Å²) in [6.45, 7) is 0. The van der Waals surface area contributed by atoms with Gasteiger partial charge in [0.1, 0.15) is 5.75 Å². The lowest BCUT2D eigenvalue weighted by atomic mass is 9.88. The van der Waals surface area contributed by atoms with Gasteiger partial charge in [0.15, 0.2) is 0 Å². The number of ether oxygens (including phenoxy) is 1. The monoisotopic (exact) mass is 278 g/mol. The van der Waals surface area contributed by atoms with Crippen molar-refractivity contribution in [2.45, 2.75) is 32.1 Å². The van der Waals surface area contributed by atoms with Crippen LogP contribution in [0.5, 0.6) is 5.75 Å². The third kappa shape index (κ3) is 3.26. The lowest BCUT2D eigenvalue weighted by Gasteiger charge is -2.21. The lowest BCUT2D eigenvalue weighted by Crippen LogP contribution is -2.24. The van der Waals surface area contributed by atoms with Crippen LogP contribution in [-0.2, 0) is 4.79 Å². The van der Waals surface area contributed by atoms with Gasteiger partial charge in [0.05, 0.1) is 23.8 Å². The summed E-state index contributed by atoms with van der Waals surface area (Å²) in [6.07, 6.45) is 5.15. The quantitative estimate of drug-likeness (QED) is 0.677. The first-order chi connectivity index (χ1) is 9.61. The minimum Gasteiger partial charge on any atom is -0.494 e. The fraction of sp³-hybridized carbons (Fsp3) is 0.500. The number of benzene rings is 1. The van der Waals surface area contributed by atoms with Gasteiger partial charge < -0.3 is 10.1 Å². The van der Waals surface area contributed by atoms with E-state index in [1.165, 1.54) is 31.7 Å². The topological polar surface area (TPSA) is 81.5 Å². The van der Waals surface area contributed by atoms with E-state index in [0.717, 1.165) is 25.7 Å². The van der Waals surface area contributed by atoms with Crippen LogP contribution >= 0.6 is 0 Å². The first-order valence-corrected chi connectivity index (χ1v) is 6.75. The Morgan fingerprint density at radius 1 is 1.35 bits per heavy atom. The molecule has 0 heterocycles. The van der Waals surface area contributed by atoms with Gasteiger partial charge in [-0.3, -0.25) is 14.9 Å². The minimum absolute atomic E-state index is 0.0307. The first-order valence-electron chi connectivity index (χ1n) is 6.75. The SMILES string of the molecule is COc1cc([N+](=O)[O-])ccc1NC(=O)C1CCCCC1. The van der Waals surface area contributed by atoms with E-state index < -0.39 is 4.92 Å². The van der Waals surface area contributed by atoms with Gasteiger partial charge in [0.2, 0.25) is 5.91 Å². The molecule has 0 aromatic heterocycles. The molecule has 1 aliphatic carbocycles. The average molecular weight is 278 g/mol. The van der Waals surface area contributed by atoms with Crippen LogP contribution < -0.4 is 10.1 Å². The van der Waals surface area contributed by atoms with Crippen molar-refractivity contribution in [3.63, 3.8) is 0 Å². The van der Waals surface area contributed by atoms with Gasteiger partial charge in [0.25, 0.3) is 5.69 Å². The maximum Gasteiger partial charge on any atom is 0.273 e. The first kappa shape index (κ1) is 14.3. The summed E-state index contributed by atoms with van der Waals surface area (Å²) in [4.78, 5) is 22.4. The van der Waals surface area contributed by atoms with E-state index in [1.54, 1.807) is 0 Å². The smallest absolute Gasteiger partial charge is 0.273 e. The van der Waals surface area contributed by atoms with E-state index in [0.29, 0.717) is 11.4 Å². The predicted molar refractivity (Wildman–Crippen MR) is 74.9 cm³/mol. The molecule has 2 rings (SSSR count). The number of methoxy groups -OCH3 is 1. The molecule has 108 valence electrons. The molecule has 6 nitrogen and oxygen atoms in total. The number of anilines is 1. The van der Waals surface area contributed by atoms with Gasteiger partial charge in [-0.2, -0.15) is 0 Å². The lowest BCUT2D eigenvalue weighted by molar-refractivity contribution is -0.384. The summed E-state index contributed by atoms with van der Waals surface area (Å²) in [5.74, 6) is 0.309. The van der Waals surface area contributed by atoms with Crippen LogP contribution in [-0.4, -0.2) is 17.9 Å². The molecule has 0 atom stereocenters. The van der Waals surface area contributed by atoms with E-state index in [4.69, 9.17) is 4.74 Å². The molecule has 0 bridgehead atoms. The van der Waals surface area contributed by atoms with Crippen LogP contribution in [0.2, 0.25) is 0 Å². The Morgan fingerprint density at radius 3 is 2.65 bits per heavy atom. The van der Waals surface area contributed by atoms with Crippen LogP contribution in [0, 0.1) is 16.0 Å². The maximum atomic E-state index is 12.2. The van der Waals surface area contributed by atoms with Gasteiger partial charge in [0, 0.05) is 12.0 Å². The summed E-state index contributed by atoms with van der Waals surface area (Å²) in [5.41, 5.74) is 0.422. The van der Waals surface area contributed by atoms with Crippen molar-refractivity contribution in [3.05, 3.63) is 28.3 Å². The van der Waals surface area contributed by atoms with Crippen molar-refractivity contribution in [1.29, 1.82) is 0 Å². The number of rotatable bonds is 4. The van der Waals surface area contributed by atoms with Gasteiger partial charge in [-0.1, -0.05) is 19.3 Å². The Balaban J connectivity index is 2.11. The molecule has 20 heavy (non-hydrogen) atoms. The zero-order valence-electron chi connectivity index (χ0n) is 11.4. The van der Waals surface area contributed by atoms with Gasteiger partial charge >= 0.3 is 0 Å². The minimum atomic E-state index is -0.491. The molecule has 1 amide bonds. The second kappa shape index (κ2) is 6.36. The second-order valence-electron chi connectivity index (χ2n) is 4.97. The Bertz CT molecular complexity index is 510. The molecular formula is C14H18N2O4. The van der Waals surface area contributed by atoms with E-state index >= 15 is 0 Å². The fourth-order valence-electron chi connectivity index (χ4n) is 2.50. The molecule has 1 fully saturated rings. The molecule has 0 radical (unpaired) electrons. The molecule has 1 aliphatic rings. The number of hydrogen-bond donors (Lipinski definition) is 1. The van der Waals surface area contributed by atoms with Gasteiger partial charge in [-0.15, -0.1) is 0 Å². The number of hydrogen-bond acceptors (Lipinski definition) is 4. The molecule has 0 spiro atoms. The molecule has 0 aliphatic heterocycles. The number of nitro groups is 1. The largest absolute Gasteiger partial charge is 0.494 e. The molecule has 1 aromatic rings. The van der Waals surface area contributed by atoms with Crippen molar-refractivity contribution in [3.8, 4) is 5.75 Å². The van der Waals surface area contributed by atoms with Crippen LogP contribution in [0.25, 0.3) is 0 Å². The van der Waals surface area contributed by atoms with Gasteiger partial charge in [-0.05, 0) is 18.9 Å². The Morgan fingerprint density at radius 2 is 2.05 bits per heavy atom. The Kier molecular flexibility index (Phi) is 4.55. The molecule has 1 N–H and O–H groups in total. The van der Waals surface area contributed by atoms with Crippen LogP contribution in [0.3, 0.4) is 0 Å². The summed E-state index contributed by atoms with van der Waals surface area (Å²) in [6, 6.07) is 4.19. The van der Waals surface area contributed by atoms with Crippen molar-refractivity contribution in [2.24, 2.45) is 5.92 Å². The molecule has 0 saturated heterocycles. The van der Waals surface area contributed by atoms with E-state index in [-0.39, 0.29) is 17.5 Å². The second-order valence-corrected chi connectivity index (χ2v) is 4.97. The van der Waals surface area contributed by atoms with Crippen molar-refractivity contribution in [2.75, 3.05) is 12.4 Å². The Labute approximate surface area is 117 Å². The van der Waals surface area contributed by atoms with E-state index in [2.05, 4.69) is 5.32 Å².